The van der Waals surface area contributed by atoms with Gasteiger partial charge >= 0.3 is 0 Å². The minimum absolute atomic E-state index is 0.858. The Bertz CT molecular complexity index is 3410. The molecule has 0 fully saturated rings. The van der Waals surface area contributed by atoms with E-state index in [1.54, 1.807) is 0 Å². The number of para-hydroxylation sites is 6. The lowest BCUT2D eigenvalue weighted by molar-refractivity contribution is 0.665. The topological polar surface area (TPSA) is 36.1 Å². The van der Waals surface area contributed by atoms with E-state index in [-0.39, 0.29) is 0 Å². The molecular weight excluding hydrogens is 637 g/mol. The number of benzene rings is 8. The molecule has 0 atom stereocenters. The zero-order chi connectivity index (χ0) is 33.9. The molecule has 242 valence electrons. The second kappa shape index (κ2) is 10.3. The van der Waals surface area contributed by atoms with Gasteiger partial charge in [-0.15, -0.1) is 0 Å². The standard InChI is InChI=1S/C48H28N2O2/c1-2-12-29(13-3-1)49-39-21-7-4-15-36(39)45-41(49)25-26-42-46(45)37-16-5-8-22-40(37)50(42)30-24-27-44-38(28-30)35-20-11-19-34(48(35)52-44)33-18-10-17-32-31-14-6-9-23-43(31)51-47(32)33/h1-28H. The molecular formula is C48H28N2O2. The summed E-state index contributed by atoms with van der Waals surface area (Å²) >= 11 is 0. The number of nitrogens with zero attached hydrogens (tertiary/aromatic N) is 2. The zero-order valence-corrected chi connectivity index (χ0v) is 27.9. The van der Waals surface area contributed by atoms with Gasteiger partial charge in [-0.05, 0) is 60.7 Å². The van der Waals surface area contributed by atoms with Crippen molar-refractivity contribution in [1.29, 1.82) is 0 Å². The Hall–Kier alpha value is -7.04. The lowest BCUT2D eigenvalue weighted by Gasteiger charge is -2.09. The minimum atomic E-state index is 0.858. The Morgan fingerprint density at radius 1 is 0.308 bits per heavy atom. The average molecular weight is 665 g/mol. The van der Waals surface area contributed by atoms with E-state index in [0.29, 0.717) is 0 Å². The molecule has 0 radical (unpaired) electrons. The molecule has 0 aliphatic rings. The van der Waals surface area contributed by atoms with Crippen LogP contribution in [0, 0.1) is 0 Å². The number of hydrogen-bond donors (Lipinski definition) is 0. The molecule has 4 heterocycles. The Labute approximate surface area is 296 Å². The van der Waals surface area contributed by atoms with Crippen molar-refractivity contribution in [2.24, 2.45) is 0 Å². The van der Waals surface area contributed by atoms with Crippen molar-refractivity contribution < 1.29 is 8.83 Å². The quantitative estimate of drug-likeness (QED) is 0.188. The molecule has 0 aliphatic carbocycles. The molecule has 0 unspecified atom stereocenters. The smallest absolute Gasteiger partial charge is 0.143 e. The summed E-state index contributed by atoms with van der Waals surface area (Å²) in [6, 6.07) is 60.4. The molecule has 12 rings (SSSR count). The van der Waals surface area contributed by atoms with Crippen LogP contribution >= 0.6 is 0 Å². The SMILES string of the molecule is c1ccc(-n2c3ccccc3c3c4c5ccccc5n(-c5ccc6oc7c(-c8cccc9c8oc8ccccc89)cccc7c6c5)c4ccc32)cc1. The van der Waals surface area contributed by atoms with Gasteiger partial charge in [-0.25, -0.2) is 0 Å². The summed E-state index contributed by atoms with van der Waals surface area (Å²) < 4.78 is 18.0. The average Bonchev–Trinajstić information content (AvgIpc) is 3.95. The van der Waals surface area contributed by atoms with Gasteiger partial charge in [0, 0.05) is 65.6 Å². The molecule has 0 bridgehead atoms. The third-order valence-corrected chi connectivity index (χ3v) is 10.9. The van der Waals surface area contributed by atoms with Gasteiger partial charge < -0.3 is 18.0 Å². The van der Waals surface area contributed by atoms with Crippen LogP contribution in [0.5, 0.6) is 0 Å². The van der Waals surface area contributed by atoms with Crippen LogP contribution in [0.2, 0.25) is 0 Å². The zero-order valence-electron chi connectivity index (χ0n) is 27.9. The molecule has 8 aromatic carbocycles. The van der Waals surface area contributed by atoms with E-state index in [2.05, 4.69) is 167 Å². The van der Waals surface area contributed by atoms with Crippen LogP contribution in [0.4, 0.5) is 0 Å². The van der Waals surface area contributed by atoms with E-state index in [4.69, 9.17) is 8.83 Å². The van der Waals surface area contributed by atoms with Crippen LogP contribution in [-0.2, 0) is 0 Å². The van der Waals surface area contributed by atoms with Crippen LogP contribution in [0.1, 0.15) is 0 Å². The van der Waals surface area contributed by atoms with Crippen molar-refractivity contribution in [3.8, 4) is 22.5 Å². The highest BCUT2D eigenvalue weighted by Crippen LogP contribution is 2.44. The van der Waals surface area contributed by atoms with Gasteiger partial charge in [-0.1, -0.05) is 109 Å². The van der Waals surface area contributed by atoms with Gasteiger partial charge in [0.15, 0.2) is 0 Å². The highest BCUT2D eigenvalue weighted by Gasteiger charge is 2.22. The van der Waals surface area contributed by atoms with E-state index in [1.807, 2.05) is 12.1 Å². The molecule has 0 spiro atoms. The van der Waals surface area contributed by atoms with Gasteiger partial charge in [0.2, 0.25) is 0 Å². The predicted molar refractivity (Wildman–Crippen MR) is 215 cm³/mol. The van der Waals surface area contributed by atoms with Gasteiger partial charge in [-0.3, -0.25) is 0 Å². The first-order valence-electron chi connectivity index (χ1n) is 17.7. The summed E-state index contributed by atoms with van der Waals surface area (Å²) in [5.41, 5.74) is 12.5. The Kier molecular flexibility index (Phi) is 5.47. The molecule has 4 nitrogen and oxygen atoms in total. The van der Waals surface area contributed by atoms with E-state index in [1.165, 1.54) is 43.6 Å². The van der Waals surface area contributed by atoms with Crippen LogP contribution in [0.15, 0.2) is 179 Å². The lowest BCUT2D eigenvalue weighted by atomic mass is 10.00. The second-order valence-corrected chi connectivity index (χ2v) is 13.6. The summed E-state index contributed by atoms with van der Waals surface area (Å²) in [6.07, 6.45) is 0. The summed E-state index contributed by atoms with van der Waals surface area (Å²) in [5.74, 6) is 0. The van der Waals surface area contributed by atoms with Gasteiger partial charge in [0.05, 0.1) is 22.1 Å². The number of furan rings is 2. The predicted octanol–water partition coefficient (Wildman–Crippen LogP) is 13.3. The lowest BCUT2D eigenvalue weighted by Crippen LogP contribution is -1.94. The van der Waals surface area contributed by atoms with Crippen molar-refractivity contribution in [1.82, 2.24) is 9.13 Å². The fourth-order valence-electron chi connectivity index (χ4n) is 8.75. The van der Waals surface area contributed by atoms with Crippen molar-refractivity contribution in [2.75, 3.05) is 0 Å². The first kappa shape index (κ1) is 27.7. The number of hydrogen-bond acceptors (Lipinski definition) is 2. The molecule has 12 aromatic rings. The monoisotopic (exact) mass is 664 g/mol. The Balaban J connectivity index is 1.12. The number of aromatic nitrogens is 2. The summed E-state index contributed by atoms with van der Waals surface area (Å²) in [4.78, 5) is 0. The highest BCUT2D eigenvalue weighted by atomic mass is 16.3. The van der Waals surface area contributed by atoms with Crippen LogP contribution in [0.25, 0.3) is 110 Å². The van der Waals surface area contributed by atoms with Crippen molar-refractivity contribution in [3.05, 3.63) is 170 Å². The van der Waals surface area contributed by atoms with E-state index >= 15 is 0 Å². The van der Waals surface area contributed by atoms with Crippen molar-refractivity contribution in [2.45, 2.75) is 0 Å². The Morgan fingerprint density at radius 3 is 1.46 bits per heavy atom. The largest absolute Gasteiger partial charge is 0.455 e. The summed E-state index contributed by atoms with van der Waals surface area (Å²) in [7, 11) is 0. The van der Waals surface area contributed by atoms with E-state index in [0.717, 1.165) is 66.4 Å². The van der Waals surface area contributed by atoms with Crippen LogP contribution in [0.3, 0.4) is 0 Å². The maximum absolute atomic E-state index is 6.71. The first-order valence-corrected chi connectivity index (χ1v) is 17.7. The molecule has 0 N–H and O–H groups in total. The molecule has 4 aromatic heterocycles. The van der Waals surface area contributed by atoms with Gasteiger partial charge in [0.25, 0.3) is 0 Å². The number of fused-ring (bicyclic) bond motifs is 13. The van der Waals surface area contributed by atoms with Crippen molar-refractivity contribution >= 4 is 87.5 Å². The second-order valence-electron chi connectivity index (χ2n) is 13.6. The fraction of sp³-hybridized carbons (Fsp3) is 0. The van der Waals surface area contributed by atoms with E-state index in [9.17, 15) is 0 Å². The first-order chi connectivity index (χ1) is 25.8. The molecule has 52 heavy (non-hydrogen) atoms. The Morgan fingerprint density at radius 2 is 0.808 bits per heavy atom. The normalized spacial score (nSPS) is 12.2. The maximum Gasteiger partial charge on any atom is 0.143 e. The number of rotatable bonds is 3. The molecule has 0 aliphatic heterocycles. The van der Waals surface area contributed by atoms with Crippen LogP contribution < -0.4 is 0 Å². The molecule has 0 saturated heterocycles. The van der Waals surface area contributed by atoms with Crippen LogP contribution in [-0.4, -0.2) is 9.13 Å². The highest BCUT2D eigenvalue weighted by molar-refractivity contribution is 6.29. The van der Waals surface area contributed by atoms with E-state index < -0.39 is 0 Å². The summed E-state index contributed by atoms with van der Waals surface area (Å²) in [5, 5.41) is 9.40. The molecule has 4 heteroatoms. The van der Waals surface area contributed by atoms with Gasteiger partial charge in [-0.2, -0.15) is 0 Å². The molecule has 0 saturated carbocycles. The van der Waals surface area contributed by atoms with Gasteiger partial charge in [0.1, 0.15) is 22.3 Å². The third-order valence-electron chi connectivity index (χ3n) is 10.9. The third kappa shape index (κ3) is 3.65. The summed E-state index contributed by atoms with van der Waals surface area (Å²) in [6.45, 7) is 0. The minimum Gasteiger partial charge on any atom is -0.455 e. The maximum atomic E-state index is 6.71. The van der Waals surface area contributed by atoms with Crippen molar-refractivity contribution in [3.63, 3.8) is 0 Å². The molecule has 0 amide bonds. The fourth-order valence-corrected chi connectivity index (χ4v) is 8.75.